The molecule has 0 bridgehead atoms. The number of amides is 1. The molecule has 1 aliphatic rings. The highest BCUT2D eigenvalue weighted by Gasteiger charge is 2.53. The highest BCUT2D eigenvalue weighted by molar-refractivity contribution is 7.28. The molecule has 1 fully saturated rings. The number of ether oxygens (including phenoxy) is 1. The zero-order chi connectivity index (χ0) is 23.7. The summed E-state index contributed by atoms with van der Waals surface area (Å²) < 4.78 is 12.3. The van der Waals surface area contributed by atoms with Crippen LogP contribution in [0.5, 0.6) is 0 Å². The van der Waals surface area contributed by atoms with Crippen LogP contribution in [0.3, 0.4) is 0 Å². The van der Waals surface area contributed by atoms with Gasteiger partial charge >= 0.3 is 12.1 Å². The van der Waals surface area contributed by atoms with Crippen molar-refractivity contribution in [1.82, 2.24) is 5.16 Å². The summed E-state index contributed by atoms with van der Waals surface area (Å²) in [5.74, 6) is 5.04. The Morgan fingerprint density at radius 2 is 1.94 bits per heavy atom. The van der Waals surface area contributed by atoms with Gasteiger partial charge in [0, 0.05) is 14.3 Å². The number of nitrogens with one attached hydrogen (secondary N) is 1. The highest BCUT2D eigenvalue weighted by atomic mass is 32.1. The Bertz CT molecular complexity index is 1480. The molecule has 4 aromatic rings. The van der Waals surface area contributed by atoms with E-state index in [9.17, 15) is 20.0 Å². The average molecular weight is 490 g/mol. The summed E-state index contributed by atoms with van der Waals surface area (Å²) in [6.45, 7) is 0.0674. The minimum atomic E-state index is -0.776. The number of carboxylic acid groups (broad SMARTS) is 1. The van der Waals surface area contributed by atoms with E-state index in [1.54, 1.807) is 0 Å². The van der Waals surface area contributed by atoms with Crippen molar-refractivity contribution in [2.24, 2.45) is 0 Å². The van der Waals surface area contributed by atoms with Gasteiger partial charge in [0.15, 0.2) is 0 Å². The minimum Gasteiger partial charge on any atom is -0.481 e. The van der Waals surface area contributed by atoms with Gasteiger partial charge in [-0.15, -0.1) is 22.7 Å². The van der Waals surface area contributed by atoms with Crippen LogP contribution < -0.4 is 5.32 Å². The second-order valence-electron chi connectivity index (χ2n) is 7.62. The molecule has 1 amide bonds. The third-order valence-corrected chi connectivity index (χ3v) is 7.79. The molecule has 3 heterocycles. The van der Waals surface area contributed by atoms with Gasteiger partial charge in [0.1, 0.15) is 23.8 Å². The second kappa shape index (κ2) is 8.67. The summed E-state index contributed by atoms with van der Waals surface area (Å²) in [6.07, 6.45) is 0.571. The lowest BCUT2D eigenvalue weighted by molar-refractivity contribution is -0.139. The van der Waals surface area contributed by atoms with Crippen LogP contribution in [0, 0.1) is 23.2 Å². The standard InChI is InChI=1S/C24H15N3O5S2/c25-12-16-21(26-23(30)31-13-14-4-2-1-3-5-14)17(32-27-16)7-6-15-10-18-19(33-15)11-20(34-18)24(8-9-24)22(28)29/h1-5,10-11H,8-9,13H2,(H,26,30)(H,28,29). The maximum atomic E-state index is 12.2. The van der Waals surface area contributed by atoms with Gasteiger partial charge in [0.25, 0.3) is 0 Å². The summed E-state index contributed by atoms with van der Waals surface area (Å²) >= 11 is 2.91. The van der Waals surface area contributed by atoms with Crippen molar-refractivity contribution in [2.75, 3.05) is 5.32 Å². The Hall–Kier alpha value is -4.12. The normalized spacial score (nSPS) is 13.5. The maximum Gasteiger partial charge on any atom is 0.412 e. The van der Waals surface area contributed by atoms with Crippen LogP contribution in [0.1, 0.15) is 39.6 Å². The van der Waals surface area contributed by atoms with Crippen molar-refractivity contribution in [1.29, 1.82) is 5.26 Å². The number of hydrogen-bond acceptors (Lipinski definition) is 8. The fraction of sp³-hybridized carbons (Fsp3) is 0.167. The number of anilines is 1. The molecule has 0 radical (unpaired) electrons. The molecular weight excluding hydrogens is 474 g/mol. The lowest BCUT2D eigenvalue weighted by atomic mass is 10.1. The quantitative estimate of drug-likeness (QED) is 0.374. The first-order chi connectivity index (χ1) is 16.5. The van der Waals surface area contributed by atoms with Crippen molar-refractivity contribution >= 4 is 49.8 Å². The molecule has 0 aliphatic heterocycles. The predicted molar refractivity (Wildman–Crippen MR) is 126 cm³/mol. The number of rotatable bonds is 5. The van der Waals surface area contributed by atoms with Gasteiger partial charge in [-0.1, -0.05) is 35.5 Å². The van der Waals surface area contributed by atoms with E-state index in [1.807, 2.05) is 48.5 Å². The molecule has 10 heteroatoms. The van der Waals surface area contributed by atoms with Crippen LogP contribution in [-0.4, -0.2) is 22.3 Å². The van der Waals surface area contributed by atoms with Gasteiger partial charge in [0.05, 0.1) is 4.88 Å². The second-order valence-corrected chi connectivity index (χ2v) is 9.79. The lowest BCUT2D eigenvalue weighted by Crippen LogP contribution is -2.17. The molecule has 1 aromatic carbocycles. The Kier molecular flexibility index (Phi) is 5.54. The number of fused-ring (bicyclic) bond motifs is 1. The third-order valence-electron chi connectivity index (χ3n) is 5.38. The van der Waals surface area contributed by atoms with Gasteiger partial charge in [-0.3, -0.25) is 10.1 Å². The zero-order valence-electron chi connectivity index (χ0n) is 17.5. The van der Waals surface area contributed by atoms with Crippen LogP contribution in [0.25, 0.3) is 9.40 Å². The molecule has 1 saturated carbocycles. The van der Waals surface area contributed by atoms with Gasteiger partial charge in [-0.05, 0) is 42.4 Å². The lowest BCUT2D eigenvalue weighted by Gasteiger charge is -2.05. The summed E-state index contributed by atoms with van der Waals surface area (Å²) in [4.78, 5) is 25.4. The smallest absolute Gasteiger partial charge is 0.412 e. The molecule has 3 aromatic heterocycles. The highest BCUT2D eigenvalue weighted by Crippen LogP contribution is 2.52. The fourth-order valence-corrected chi connectivity index (χ4v) is 5.86. The van der Waals surface area contributed by atoms with E-state index in [2.05, 4.69) is 22.3 Å². The Balaban J connectivity index is 1.32. The number of aromatic nitrogens is 1. The molecule has 0 atom stereocenters. The molecule has 168 valence electrons. The summed E-state index contributed by atoms with van der Waals surface area (Å²) in [5, 5.41) is 24.9. The molecule has 34 heavy (non-hydrogen) atoms. The number of thiophene rings is 2. The van der Waals surface area contributed by atoms with Gasteiger partial charge in [-0.25, -0.2) is 4.79 Å². The van der Waals surface area contributed by atoms with Gasteiger partial charge in [0.2, 0.25) is 11.5 Å². The number of nitrogens with zero attached hydrogens (tertiary/aromatic N) is 2. The van der Waals surface area contributed by atoms with Crippen LogP contribution in [0.2, 0.25) is 0 Å². The van der Waals surface area contributed by atoms with Crippen molar-refractivity contribution in [2.45, 2.75) is 24.9 Å². The van der Waals surface area contributed by atoms with Crippen molar-refractivity contribution < 1.29 is 24.0 Å². The SMILES string of the molecule is N#Cc1noc(C#Cc2cc3sc(C4(C(=O)O)CC4)cc3s2)c1NC(=O)OCc1ccccc1. The molecular formula is C24H15N3O5S2. The fourth-order valence-electron chi connectivity index (χ4n) is 3.37. The molecule has 0 unspecified atom stereocenters. The van der Waals surface area contributed by atoms with Gasteiger partial charge in [-0.2, -0.15) is 5.26 Å². The van der Waals surface area contributed by atoms with E-state index >= 15 is 0 Å². The first-order valence-electron chi connectivity index (χ1n) is 10.2. The maximum absolute atomic E-state index is 12.2. The van der Waals surface area contributed by atoms with E-state index in [0.29, 0.717) is 12.8 Å². The topological polar surface area (TPSA) is 125 Å². The predicted octanol–water partition coefficient (Wildman–Crippen LogP) is 5.09. The van der Waals surface area contributed by atoms with Crippen molar-refractivity contribution in [3.05, 3.63) is 69.2 Å². The van der Waals surface area contributed by atoms with Gasteiger partial charge < -0.3 is 14.4 Å². The number of carbonyl (C=O) groups excluding carboxylic acids is 1. The number of aliphatic carboxylic acids is 1. The third kappa shape index (κ3) is 4.13. The monoisotopic (exact) mass is 489 g/mol. The van der Waals surface area contributed by atoms with Crippen molar-refractivity contribution in [3.63, 3.8) is 0 Å². The number of benzene rings is 1. The average Bonchev–Trinajstić information content (AvgIpc) is 3.23. The van der Waals surface area contributed by atoms with Crippen molar-refractivity contribution in [3.8, 4) is 17.9 Å². The Labute approximate surface area is 201 Å². The first kappa shape index (κ1) is 21.7. The van der Waals surface area contributed by atoms with Crippen LogP contribution >= 0.6 is 22.7 Å². The molecule has 8 nitrogen and oxygen atoms in total. The van der Waals surface area contributed by atoms with E-state index < -0.39 is 17.5 Å². The Morgan fingerprint density at radius 1 is 1.18 bits per heavy atom. The zero-order valence-corrected chi connectivity index (χ0v) is 19.1. The van der Waals surface area contributed by atoms with E-state index in [4.69, 9.17) is 9.26 Å². The molecule has 1 aliphatic carbocycles. The molecule has 2 N–H and O–H groups in total. The Morgan fingerprint density at radius 3 is 2.62 bits per heavy atom. The summed E-state index contributed by atoms with van der Waals surface area (Å²) in [5.41, 5.74) is 0.0330. The largest absolute Gasteiger partial charge is 0.481 e. The minimum absolute atomic E-state index is 0.0356. The van der Waals surface area contributed by atoms with Crippen LogP contribution in [0.15, 0.2) is 47.0 Å². The number of carboxylic acids is 1. The van der Waals surface area contributed by atoms with E-state index in [1.165, 1.54) is 22.7 Å². The van der Waals surface area contributed by atoms with E-state index in [0.717, 1.165) is 24.7 Å². The molecule has 0 saturated heterocycles. The number of carbonyl (C=O) groups is 2. The van der Waals surface area contributed by atoms with Crippen LogP contribution in [-0.2, 0) is 21.6 Å². The number of hydrogen-bond donors (Lipinski definition) is 2. The summed E-state index contributed by atoms with van der Waals surface area (Å²) in [7, 11) is 0. The molecule has 0 spiro atoms. The number of nitriles is 1. The first-order valence-corrected chi connectivity index (χ1v) is 11.8. The molecule has 5 rings (SSSR count). The van der Waals surface area contributed by atoms with E-state index in [-0.39, 0.29) is 23.7 Å². The summed E-state index contributed by atoms with van der Waals surface area (Å²) in [6, 6.07) is 14.9. The van der Waals surface area contributed by atoms with Crippen LogP contribution in [0.4, 0.5) is 10.5 Å².